The van der Waals surface area contributed by atoms with E-state index in [2.05, 4.69) is 10.3 Å². The van der Waals surface area contributed by atoms with Crippen molar-refractivity contribution >= 4 is 27.3 Å². The van der Waals surface area contributed by atoms with Crippen LogP contribution in [0.15, 0.2) is 87.1 Å². The van der Waals surface area contributed by atoms with E-state index in [9.17, 15) is 12.8 Å². The number of nitrogens with zero attached hydrogens (tertiary/aromatic N) is 2. The number of likely N-dealkylation sites (N-methyl/N-ethyl adjacent to an activating group) is 1. The molecule has 0 aliphatic rings. The van der Waals surface area contributed by atoms with Gasteiger partial charge < -0.3 is 14.6 Å². The molecular weight excluding hydrogens is 489 g/mol. The number of benzene rings is 3. The van der Waals surface area contributed by atoms with Crippen LogP contribution in [0.25, 0.3) is 11.5 Å². The van der Waals surface area contributed by atoms with Gasteiger partial charge in [0, 0.05) is 17.1 Å². The van der Waals surface area contributed by atoms with Crippen LogP contribution in [-0.4, -0.2) is 38.9 Å². The maximum absolute atomic E-state index is 13.4. The lowest BCUT2D eigenvalue weighted by Crippen LogP contribution is -2.27. The highest BCUT2D eigenvalue weighted by molar-refractivity contribution is 7.91. The Labute approximate surface area is 209 Å². The van der Waals surface area contributed by atoms with Gasteiger partial charge in [-0.15, -0.1) is 0 Å². The van der Waals surface area contributed by atoms with Gasteiger partial charge in [-0.3, -0.25) is 0 Å². The van der Waals surface area contributed by atoms with Crippen molar-refractivity contribution in [2.24, 2.45) is 0 Å². The Morgan fingerprint density at radius 1 is 1.00 bits per heavy atom. The second-order valence-corrected chi connectivity index (χ2v) is 10.7. The SMILES string of the molecule is Cc1ccc(-c2nc(S(=O)(=O)c3ccc(F)cc3)c(NCC(c3ccc(Cl)cc3)N(C)C)o2)cc1. The van der Waals surface area contributed by atoms with Crippen LogP contribution in [0.5, 0.6) is 0 Å². The van der Waals surface area contributed by atoms with Crippen molar-refractivity contribution in [1.82, 2.24) is 9.88 Å². The van der Waals surface area contributed by atoms with E-state index in [0.29, 0.717) is 17.1 Å². The zero-order valence-electron chi connectivity index (χ0n) is 19.5. The molecule has 0 saturated heterocycles. The Bertz CT molecular complexity index is 1400. The number of sulfone groups is 1. The first kappa shape index (κ1) is 24.9. The molecule has 1 aromatic heterocycles. The smallest absolute Gasteiger partial charge is 0.233 e. The van der Waals surface area contributed by atoms with Crippen molar-refractivity contribution in [2.45, 2.75) is 22.9 Å². The number of anilines is 1. The largest absolute Gasteiger partial charge is 0.419 e. The van der Waals surface area contributed by atoms with Gasteiger partial charge in [0.05, 0.1) is 10.9 Å². The summed E-state index contributed by atoms with van der Waals surface area (Å²) in [6, 6.07) is 19.4. The number of oxazole rings is 1. The lowest BCUT2D eigenvalue weighted by Gasteiger charge is -2.25. The molecule has 1 atom stereocenters. The van der Waals surface area contributed by atoms with Gasteiger partial charge >= 0.3 is 0 Å². The summed E-state index contributed by atoms with van der Waals surface area (Å²) in [6.07, 6.45) is 0. The molecule has 0 fully saturated rings. The van der Waals surface area contributed by atoms with Crippen LogP contribution < -0.4 is 5.32 Å². The van der Waals surface area contributed by atoms with Gasteiger partial charge in [-0.05, 0) is 75.1 Å². The summed E-state index contributed by atoms with van der Waals surface area (Å²) in [5.74, 6) is -0.341. The number of rotatable bonds is 8. The van der Waals surface area contributed by atoms with Crippen molar-refractivity contribution < 1.29 is 17.2 Å². The van der Waals surface area contributed by atoms with E-state index < -0.39 is 15.7 Å². The molecule has 1 N–H and O–H groups in total. The first-order chi connectivity index (χ1) is 16.6. The first-order valence-corrected chi connectivity index (χ1v) is 12.8. The summed E-state index contributed by atoms with van der Waals surface area (Å²) in [7, 11) is -0.234. The van der Waals surface area contributed by atoms with Crippen molar-refractivity contribution in [3.63, 3.8) is 0 Å². The summed E-state index contributed by atoms with van der Waals surface area (Å²) in [4.78, 5) is 6.27. The van der Waals surface area contributed by atoms with Gasteiger partial charge in [0.2, 0.25) is 26.6 Å². The molecule has 0 aliphatic carbocycles. The fourth-order valence-electron chi connectivity index (χ4n) is 3.62. The number of halogens is 2. The fourth-order valence-corrected chi connectivity index (χ4v) is 5.02. The summed E-state index contributed by atoms with van der Waals surface area (Å²) in [5.41, 5.74) is 2.68. The highest BCUT2D eigenvalue weighted by Gasteiger charge is 2.29. The van der Waals surface area contributed by atoms with E-state index in [4.69, 9.17) is 16.0 Å². The quantitative estimate of drug-likeness (QED) is 0.292. The molecule has 0 bridgehead atoms. The minimum atomic E-state index is -4.09. The summed E-state index contributed by atoms with van der Waals surface area (Å²) in [6.45, 7) is 2.29. The number of hydrogen-bond acceptors (Lipinski definition) is 6. The average molecular weight is 514 g/mol. The first-order valence-electron chi connectivity index (χ1n) is 10.9. The predicted molar refractivity (Wildman–Crippen MR) is 135 cm³/mol. The molecule has 6 nitrogen and oxygen atoms in total. The second kappa shape index (κ2) is 10.2. The van der Waals surface area contributed by atoms with Crippen LogP contribution in [0.4, 0.5) is 10.3 Å². The zero-order valence-corrected chi connectivity index (χ0v) is 21.1. The molecule has 35 heavy (non-hydrogen) atoms. The molecular formula is C26H25ClFN3O3S. The topological polar surface area (TPSA) is 75.4 Å². The maximum Gasteiger partial charge on any atom is 0.233 e. The minimum Gasteiger partial charge on any atom is -0.419 e. The Hall–Kier alpha value is -3.20. The molecule has 9 heteroatoms. The van der Waals surface area contributed by atoms with Gasteiger partial charge in [-0.2, -0.15) is 4.98 Å². The summed E-state index contributed by atoms with van der Waals surface area (Å²) < 4.78 is 46.3. The highest BCUT2D eigenvalue weighted by Crippen LogP contribution is 2.33. The van der Waals surface area contributed by atoms with Crippen LogP contribution in [0.3, 0.4) is 0 Å². The number of nitrogens with one attached hydrogen (secondary N) is 1. The average Bonchev–Trinajstić information content (AvgIpc) is 3.26. The molecule has 0 spiro atoms. The van der Waals surface area contributed by atoms with Gasteiger partial charge in [-0.1, -0.05) is 41.4 Å². The molecule has 0 saturated carbocycles. The third-order valence-corrected chi connectivity index (χ3v) is 7.54. The van der Waals surface area contributed by atoms with Crippen LogP contribution in [-0.2, 0) is 9.84 Å². The Balaban J connectivity index is 1.73. The standard InChI is InChI=1S/C26H25ClFN3O3S/c1-17-4-6-19(7-5-17)24-30-26(35(32,33)22-14-12-21(28)13-15-22)25(34-24)29-16-23(31(2)3)18-8-10-20(27)11-9-18/h4-15,23,29H,16H2,1-3H3. The van der Waals surface area contributed by atoms with Gasteiger partial charge in [-0.25, -0.2) is 12.8 Å². The van der Waals surface area contributed by atoms with E-state index in [1.165, 1.54) is 12.1 Å². The number of aryl methyl sites for hydroxylation is 1. The number of hydrogen-bond donors (Lipinski definition) is 1. The monoisotopic (exact) mass is 513 g/mol. The van der Waals surface area contributed by atoms with Gasteiger partial charge in [0.25, 0.3) is 0 Å². The van der Waals surface area contributed by atoms with Crippen LogP contribution in [0.1, 0.15) is 17.2 Å². The summed E-state index contributed by atoms with van der Waals surface area (Å²) >= 11 is 6.04. The molecule has 4 rings (SSSR count). The third kappa shape index (κ3) is 5.56. The van der Waals surface area contributed by atoms with Crippen LogP contribution in [0, 0.1) is 12.7 Å². The highest BCUT2D eigenvalue weighted by atomic mass is 35.5. The van der Waals surface area contributed by atoms with Crippen molar-refractivity contribution in [1.29, 1.82) is 0 Å². The van der Waals surface area contributed by atoms with E-state index in [1.54, 1.807) is 0 Å². The molecule has 0 amide bonds. The lowest BCUT2D eigenvalue weighted by molar-refractivity contribution is 0.310. The lowest BCUT2D eigenvalue weighted by atomic mass is 10.1. The maximum atomic E-state index is 13.4. The molecule has 4 aromatic rings. The number of aromatic nitrogens is 1. The predicted octanol–water partition coefficient (Wildman–Crippen LogP) is 5.99. The van der Waals surface area contributed by atoms with Crippen molar-refractivity contribution in [3.8, 4) is 11.5 Å². The molecule has 1 unspecified atom stereocenters. The van der Waals surface area contributed by atoms with Crippen LogP contribution in [0.2, 0.25) is 5.02 Å². The Kier molecular flexibility index (Phi) is 7.25. The van der Waals surface area contributed by atoms with Gasteiger partial charge in [0.1, 0.15) is 5.82 Å². The Morgan fingerprint density at radius 3 is 2.23 bits per heavy atom. The fraction of sp³-hybridized carbons (Fsp3) is 0.192. The van der Waals surface area contributed by atoms with E-state index in [1.807, 2.05) is 74.4 Å². The van der Waals surface area contributed by atoms with Gasteiger partial charge in [0.15, 0.2) is 0 Å². The molecule has 0 aliphatic heterocycles. The third-order valence-electron chi connectivity index (χ3n) is 5.61. The van der Waals surface area contributed by atoms with Crippen molar-refractivity contribution in [2.75, 3.05) is 26.0 Å². The zero-order chi connectivity index (χ0) is 25.2. The normalized spacial score (nSPS) is 12.6. The van der Waals surface area contributed by atoms with E-state index >= 15 is 0 Å². The van der Waals surface area contributed by atoms with E-state index in [0.717, 1.165) is 23.3 Å². The summed E-state index contributed by atoms with van der Waals surface area (Å²) in [5, 5.41) is 3.51. The van der Waals surface area contributed by atoms with E-state index in [-0.39, 0.29) is 27.7 Å². The second-order valence-electron chi connectivity index (χ2n) is 8.39. The Morgan fingerprint density at radius 2 is 1.63 bits per heavy atom. The molecule has 1 heterocycles. The molecule has 3 aromatic carbocycles. The van der Waals surface area contributed by atoms with Crippen molar-refractivity contribution in [3.05, 3.63) is 94.8 Å². The minimum absolute atomic E-state index is 0.0192. The van der Waals surface area contributed by atoms with Crippen LogP contribution >= 0.6 is 11.6 Å². The molecule has 0 radical (unpaired) electrons. The molecule has 182 valence electrons.